The molecular weight excluding hydrogens is 384 g/mol. The fourth-order valence-electron chi connectivity index (χ4n) is 3.93. The largest absolute Gasteiger partial charge is 0.462 e. The zero-order valence-electron chi connectivity index (χ0n) is 14.7. The summed E-state index contributed by atoms with van der Waals surface area (Å²) in [6.07, 6.45) is 7.46. The van der Waals surface area contributed by atoms with Crippen LogP contribution >= 0.6 is 27.7 Å². The van der Waals surface area contributed by atoms with Gasteiger partial charge in [0.05, 0.1) is 18.6 Å². The Kier molecular flexibility index (Phi) is 7.68. The first-order chi connectivity index (χ1) is 12.6. The second kappa shape index (κ2) is 9.76. The molecular formula is C18H26BO4P3. The maximum Gasteiger partial charge on any atom is 0.336 e. The number of carbonyl (C=O) groups is 1. The average molecular weight is 410 g/mol. The van der Waals surface area contributed by atoms with Crippen molar-refractivity contribution in [3.63, 3.8) is 0 Å². The third kappa shape index (κ3) is 5.37. The van der Waals surface area contributed by atoms with Gasteiger partial charge in [-0.1, -0.05) is 42.5 Å². The number of fused-ring (bicyclic) bond motifs is 1. The van der Waals surface area contributed by atoms with Crippen LogP contribution in [0.5, 0.6) is 0 Å². The third-order valence-electron chi connectivity index (χ3n) is 5.17. The van der Waals surface area contributed by atoms with Crippen LogP contribution < -0.4 is 0 Å². The molecule has 4 nitrogen and oxygen atoms in total. The van der Waals surface area contributed by atoms with E-state index >= 15 is 0 Å². The number of carbonyl (C=O) groups excluding carboxylic acids is 1. The van der Waals surface area contributed by atoms with E-state index in [0.29, 0.717) is 6.42 Å². The van der Waals surface area contributed by atoms with Crippen LogP contribution in [0.15, 0.2) is 42.5 Å². The first kappa shape index (κ1) is 20.4. The second-order valence-electron chi connectivity index (χ2n) is 6.93. The number of rotatable bonds is 8. The minimum absolute atomic E-state index is 0.00251. The van der Waals surface area contributed by atoms with Gasteiger partial charge >= 0.3 is 12.3 Å². The minimum atomic E-state index is -0.0897. The molecule has 0 bridgehead atoms. The first-order valence-electron chi connectivity index (χ1n) is 9.00. The van der Waals surface area contributed by atoms with E-state index in [1.165, 1.54) is 5.56 Å². The highest BCUT2D eigenvalue weighted by molar-refractivity contribution is 7.92. The van der Waals surface area contributed by atoms with Crippen molar-refractivity contribution in [1.29, 1.82) is 0 Å². The second-order valence-corrected chi connectivity index (χ2v) is 9.29. The fourth-order valence-corrected chi connectivity index (χ4v) is 4.56. The van der Waals surface area contributed by atoms with Crippen molar-refractivity contribution in [3.8, 4) is 0 Å². The normalized spacial score (nSPS) is 29.0. The van der Waals surface area contributed by atoms with E-state index in [1.54, 1.807) is 0 Å². The van der Waals surface area contributed by atoms with Crippen LogP contribution in [-0.2, 0) is 25.1 Å². The molecule has 26 heavy (non-hydrogen) atoms. The number of hydrogen-bond acceptors (Lipinski definition) is 4. The quantitative estimate of drug-likeness (QED) is 0.285. The Labute approximate surface area is 162 Å². The molecule has 1 saturated heterocycles. The molecule has 1 aromatic carbocycles. The van der Waals surface area contributed by atoms with Gasteiger partial charge in [0.25, 0.3) is 0 Å². The number of benzene rings is 1. The lowest BCUT2D eigenvalue weighted by molar-refractivity contribution is -0.141. The molecule has 2 fully saturated rings. The van der Waals surface area contributed by atoms with Crippen molar-refractivity contribution < 1.29 is 18.7 Å². The topological polar surface area (TPSA) is 44.8 Å². The van der Waals surface area contributed by atoms with Crippen LogP contribution in [0.2, 0.25) is 0 Å². The molecule has 0 radical (unpaired) electrons. The molecule has 0 spiro atoms. The standard InChI is InChI=1S/C18H26BO4P3/c20-18-10-15-14(17(22-19(24)25)11-16(15)21-18)9-8-13(23-26)7-6-12-4-2-1-3-5-12/h1-5,8-9,13-17H,6-7,10-11,24-26H2/b9-8+/t13-,14-,15-,16+,17-/m1/s1. The molecule has 1 aliphatic carbocycles. The Bertz CT molecular complexity index is 628. The van der Waals surface area contributed by atoms with Gasteiger partial charge < -0.3 is 13.9 Å². The Hall–Kier alpha value is -0.295. The molecule has 1 aliphatic heterocycles. The molecule has 1 heterocycles. The number of hydrogen-bond donors (Lipinski definition) is 0. The van der Waals surface area contributed by atoms with Crippen LogP contribution in [0.1, 0.15) is 24.8 Å². The fraction of sp³-hybridized carbons (Fsp3) is 0.500. The SMILES string of the molecule is O=C1C[C@@H]2[C@@H](/C=C/[C@@H](CCc3ccccc3)OP)[C@H](OB(P)P)C[C@@H]2O1. The van der Waals surface area contributed by atoms with Gasteiger partial charge in [0.15, 0.2) is 0 Å². The number of ether oxygens (including phenoxy) is 1. The van der Waals surface area contributed by atoms with Gasteiger partial charge in [0, 0.05) is 27.7 Å². The van der Waals surface area contributed by atoms with E-state index in [2.05, 4.69) is 64.1 Å². The molecule has 1 saturated carbocycles. The van der Waals surface area contributed by atoms with Crippen LogP contribution in [0, 0.1) is 11.8 Å². The molecule has 3 rings (SSSR count). The summed E-state index contributed by atoms with van der Waals surface area (Å²) in [6.45, 7) is 0. The Balaban J connectivity index is 1.63. The molecule has 140 valence electrons. The van der Waals surface area contributed by atoms with Gasteiger partial charge in [-0.3, -0.25) is 4.79 Å². The van der Waals surface area contributed by atoms with Crippen molar-refractivity contribution in [3.05, 3.63) is 48.0 Å². The predicted molar refractivity (Wildman–Crippen MR) is 115 cm³/mol. The van der Waals surface area contributed by atoms with Crippen molar-refractivity contribution in [2.75, 3.05) is 0 Å². The molecule has 0 amide bonds. The molecule has 3 unspecified atom stereocenters. The Morgan fingerprint density at radius 2 is 2.08 bits per heavy atom. The van der Waals surface area contributed by atoms with Crippen LogP contribution in [-0.4, -0.2) is 30.6 Å². The summed E-state index contributed by atoms with van der Waals surface area (Å²) >= 11 is 0. The molecule has 0 aromatic heterocycles. The summed E-state index contributed by atoms with van der Waals surface area (Å²) in [5.74, 6) is 0.291. The van der Waals surface area contributed by atoms with Crippen molar-refractivity contribution in [2.45, 2.75) is 44.0 Å². The van der Waals surface area contributed by atoms with Crippen LogP contribution in [0.3, 0.4) is 0 Å². The van der Waals surface area contributed by atoms with Crippen molar-refractivity contribution >= 4 is 40.0 Å². The van der Waals surface area contributed by atoms with Gasteiger partial charge in [-0.05, 0) is 18.4 Å². The molecule has 8 atom stereocenters. The summed E-state index contributed by atoms with van der Waals surface area (Å²) in [6, 6.07) is 10.4. The monoisotopic (exact) mass is 410 g/mol. The predicted octanol–water partition coefficient (Wildman–Crippen LogP) is 3.42. The zero-order valence-corrected chi connectivity index (χ0v) is 18.2. The van der Waals surface area contributed by atoms with E-state index in [1.807, 2.05) is 6.07 Å². The highest BCUT2D eigenvalue weighted by Gasteiger charge is 2.49. The molecule has 0 N–H and O–H groups in total. The lowest BCUT2D eigenvalue weighted by Gasteiger charge is -2.22. The zero-order chi connectivity index (χ0) is 18.5. The van der Waals surface area contributed by atoms with E-state index in [0.717, 1.165) is 19.3 Å². The third-order valence-corrected chi connectivity index (χ3v) is 5.83. The van der Waals surface area contributed by atoms with Crippen molar-refractivity contribution in [2.24, 2.45) is 11.8 Å². The molecule has 1 aromatic rings. The molecule has 8 heteroatoms. The Morgan fingerprint density at radius 1 is 1.31 bits per heavy atom. The minimum Gasteiger partial charge on any atom is -0.462 e. The summed E-state index contributed by atoms with van der Waals surface area (Å²) in [5, 5.41) is 0. The van der Waals surface area contributed by atoms with E-state index in [9.17, 15) is 4.79 Å². The van der Waals surface area contributed by atoms with E-state index in [-0.39, 0.29) is 42.5 Å². The smallest absolute Gasteiger partial charge is 0.336 e. The maximum absolute atomic E-state index is 11.7. The van der Waals surface area contributed by atoms with Crippen molar-refractivity contribution in [1.82, 2.24) is 0 Å². The summed E-state index contributed by atoms with van der Waals surface area (Å²) < 4.78 is 17.1. The highest BCUT2D eigenvalue weighted by atomic mass is 31.1. The lowest BCUT2D eigenvalue weighted by Crippen LogP contribution is -2.24. The van der Waals surface area contributed by atoms with Crippen LogP contribution in [0.4, 0.5) is 0 Å². The number of esters is 1. The van der Waals surface area contributed by atoms with E-state index in [4.69, 9.17) is 13.9 Å². The van der Waals surface area contributed by atoms with Gasteiger partial charge in [0.2, 0.25) is 0 Å². The lowest BCUT2D eigenvalue weighted by atomic mass is 9.91. The number of aryl methyl sites for hydroxylation is 1. The summed E-state index contributed by atoms with van der Waals surface area (Å²) in [7, 11) is 7.66. The first-order valence-corrected chi connectivity index (χ1v) is 10.8. The average Bonchev–Trinajstić information content (AvgIpc) is 3.11. The summed E-state index contributed by atoms with van der Waals surface area (Å²) in [4.78, 5) is 11.7. The van der Waals surface area contributed by atoms with Gasteiger partial charge in [-0.25, -0.2) is 0 Å². The van der Waals surface area contributed by atoms with Gasteiger partial charge in [0.1, 0.15) is 6.10 Å². The highest BCUT2D eigenvalue weighted by Crippen LogP contribution is 2.44. The Morgan fingerprint density at radius 3 is 2.77 bits per heavy atom. The summed E-state index contributed by atoms with van der Waals surface area (Å²) in [5.41, 5.74) is 1.30. The maximum atomic E-state index is 11.7. The van der Waals surface area contributed by atoms with Gasteiger partial charge in [-0.2, -0.15) is 0 Å². The van der Waals surface area contributed by atoms with Crippen LogP contribution in [0.25, 0.3) is 0 Å². The van der Waals surface area contributed by atoms with E-state index < -0.39 is 0 Å². The molecule has 2 aliphatic rings. The van der Waals surface area contributed by atoms with Gasteiger partial charge in [-0.15, -0.1) is 18.2 Å².